The van der Waals surface area contributed by atoms with Gasteiger partial charge in [-0.1, -0.05) is 0 Å². The molecule has 0 unspecified atom stereocenters. The van der Waals surface area contributed by atoms with Crippen molar-refractivity contribution in [3.63, 3.8) is 0 Å². The molecule has 4 nitrogen and oxygen atoms in total. The monoisotopic (exact) mass is 130 g/mol. The van der Waals surface area contributed by atoms with Crippen molar-refractivity contribution in [3.8, 4) is 0 Å². The smallest absolute Gasteiger partial charge is 0.153 e. The standard InChI is InChI=1S/C5H8NO3/c7-3-1-4(5(8)9)6-2-3/h4,6-7H,1-2H2,(H,8,9)/t4-/m0/s1. The van der Waals surface area contributed by atoms with Crippen LogP contribution in [0.25, 0.3) is 0 Å². The van der Waals surface area contributed by atoms with Gasteiger partial charge in [0, 0.05) is 6.42 Å². The summed E-state index contributed by atoms with van der Waals surface area (Å²) in [5, 5.41) is 20.4. The summed E-state index contributed by atoms with van der Waals surface area (Å²) in [7, 11) is 0. The molecule has 51 valence electrons. The highest BCUT2D eigenvalue weighted by Crippen LogP contribution is 2.04. The van der Waals surface area contributed by atoms with Crippen molar-refractivity contribution >= 4 is 5.97 Å². The van der Waals surface area contributed by atoms with E-state index in [1.807, 2.05) is 0 Å². The zero-order valence-electron chi connectivity index (χ0n) is 4.83. The number of aliphatic carboxylic acids is 1. The van der Waals surface area contributed by atoms with E-state index in [1.165, 1.54) is 0 Å². The minimum atomic E-state index is -1.10. The number of carbonyl (C=O) groups is 1. The van der Waals surface area contributed by atoms with Gasteiger partial charge in [-0.2, -0.15) is 0 Å². The fourth-order valence-corrected chi connectivity index (χ4v) is 0.878. The largest absolute Gasteiger partial charge is 0.544 e. The highest BCUT2D eigenvalue weighted by molar-refractivity contribution is 5.69. The van der Waals surface area contributed by atoms with Crippen molar-refractivity contribution in [1.29, 1.82) is 0 Å². The van der Waals surface area contributed by atoms with Gasteiger partial charge < -0.3 is 20.3 Å². The van der Waals surface area contributed by atoms with Gasteiger partial charge in [0.1, 0.15) is 12.6 Å². The molecule has 0 bridgehead atoms. The molecule has 0 saturated carbocycles. The van der Waals surface area contributed by atoms with Crippen LogP contribution >= 0.6 is 0 Å². The molecule has 0 aromatic rings. The van der Waals surface area contributed by atoms with Crippen LogP contribution in [0.4, 0.5) is 0 Å². The van der Waals surface area contributed by atoms with E-state index in [0.29, 0.717) is 6.54 Å². The summed E-state index contributed by atoms with van der Waals surface area (Å²) in [5.41, 5.74) is 0. The number of hydrogen-bond acceptors (Lipinski definition) is 3. The number of quaternary nitrogens is 1. The van der Waals surface area contributed by atoms with E-state index in [9.17, 15) is 9.90 Å². The molecule has 9 heavy (non-hydrogen) atoms. The van der Waals surface area contributed by atoms with Crippen LogP contribution in [0, 0.1) is 6.10 Å². The summed E-state index contributed by atoms with van der Waals surface area (Å²) in [6.45, 7) is 0.401. The van der Waals surface area contributed by atoms with Gasteiger partial charge in [0.2, 0.25) is 0 Å². The number of carboxylic acids is 1. The maximum absolute atomic E-state index is 10.1. The van der Waals surface area contributed by atoms with Gasteiger partial charge >= 0.3 is 0 Å². The molecule has 0 aromatic heterocycles. The number of carbonyl (C=O) groups excluding carboxylic acids is 1. The Morgan fingerprint density at radius 2 is 2.56 bits per heavy atom. The van der Waals surface area contributed by atoms with Crippen molar-refractivity contribution in [2.24, 2.45) is 0 Å². The number of carboxylic acid groups (broad SMARTS) is 1. The summed E-state index contributed by atoms with van der Waals surface area (Å²) in [6.07, 6.45) is 0.478. The second-order valence-corrected chi connectivity index (χ2v) is 2.14. The highest BCUT2D eigenvalue weighted by atomic mass is 16.4. The molecular weight excluding hydrogens is 122 g/mol. The lowest BCUT2D eigenvalue weighted by atomic mass is 10.2. The number of rotatable bonds is 1. The molecule has 1 radical (unpaired) electrons. The molecule has 1 saturated heterocycles. The van der Waals surface area contributed by atoms with E-state index >= 15 is 0 Å². The van der Waals surface area contributed by atoms with E-state index in [-0.39, 0.29) is 12.5 Å². The van der Waals surface area contributed by atoms with E-state index in [0.717, 1.165) is 0 Å². The van der Waals surface area contributed by atoms with Crippen molar-refractivity contribution in [2.45, 2.75) is 12.5 Å². The quantitative estimate of drug-likeness (QED) is 0.396. The van der Waals surface area contributed by atoms with E-state index in [1.54, 1.807) is 5.32 Å². The van der Waals surface area contributed by atoms with Gasteiger partial charge in [-0.15, -0.1) is 0 Å². The van der Waals surface area contributed by atoms with Crippen LogP contribution in [0.3, 0.4) is 0 Å². The lowest BCUT2D eigenvalue weighted by Gasteiger charge is -2.05. The Bertz CT molecular complexity index is 125. The SMILES string of the molecule is O=C([O-])[C@@H]1C[C](O)C[NH2+]1. The fourth-order valence-electron chi connectivity index (χ4n) is 0.878. The van der Waals surface area contributed by atoms with Crippen molar-refractivity contribution < 1.29 is 20.3 Å². The summed E-state index contributed by atoms with van der Waals surface area (Å²) in [6, 6.07) is -0.565. The van der Waals surface area contributed by atoms with E-state index in [4.69, 9.17) is 5.11 Å². The first-order chi connectivity index (χ1) is 4.20. The molecule has 4 heteroatoms. The molecule has 0 aliphatic carbocycles. The molecule has 0 amide bonds. The average molecular weight is 130 g/mol. The Morgan fingerprint density at radius 1 is 1.89 bits per heavy atom. The number of hydrogen-bond donors (Lipinski definition) is 2. The first kappa shape index (κ1) is 6.51. The number of nitrogens with two attached hydrogens (primary N) is 1. The molecule has 1 heterocycles. The minimum Gasteiger partial charge on any atom is -0.544 e. The summed E-state index contributed by atoms with van der Waals surface area (Å²) < 4.78 is 0. The molecular formula is C5H8NO3. The first-order valence-corrected chi connectivity index (χ1v) is 2.78. The Kier molecular flexibility index (Phi) is 1.68. The van der Waals surface area contributed by atoms with Crippen LogP contribution in [-0.4, -0.2) is 23.7 Å². The second-order valence-electron chi connectivity index (χ2n) is 2.14. The van der Waals surface area contributed by atoms with Crippen LogP contribution in [0.2, 0.25) is 0 Å². The lowest BCUT2D eigenvalue weighted by Crippen LogP contribution is -2.89. The van der Waals surface area contributed by atoms with Crippen molar-refractivity contribution in [3.05, 3.63) is 6.10 Å². The van der Waals surface area contributed by atoms with Gasteiger partial charge in [0.05, 0.1) is 5.97 Å². The minimum absolute atomic E-state index is 0.238. The summed E-state index contributed by atoms with van der Waals surface area (Å²) in [5.74, 6) is -1.10. The Morgan fingerprint density at radius 3 is 2.78 bits per heavy atom. The van der Waals surface area contributed by atoms with Gasteiger partial charge in [0.15, 0.2) is 6.10 Å². The molecule has 3 N–H and O–H groups in total. The normalized spacial score (nSPS) is 28.8. The fraction of sp³-hybridized carbons (Fsp3) is 0.600. The van der Waals surface area contributed by atoms with Gasteiger partial charge in [-0.25, -0.2) is 0 Å². The first-order valence-electron chi connectivity index (χ1n) is 2.78. The third kappa shape index (κ3) is 1.40. The average Bonchev–Trinajstić information content (AvgIpc) is 2.14. The van der Waals surface area contributed by atoms with Crippen LogP contribution < -0.4 is 10.4 Å². The summed E-state index contributed by atoms with van der Waals surface area (Å²) in [4.78, 5) is 10.1. The van der Waals surface area contributed by atoms with E-state index < -0.39 is 12.0 Å². The molecule has 1 rings (SSSR count). The van der Waals surface area contributed by atoms with Crippen LogP contribution in [-0.2, 0) is 4.79 Å². The predicted octanol–water partition coefficient (Wildman–Crippen LogP) is -3.02. The molecule has 1 aliphatic rings. The van der Waals surface area contributed by atoms with Crippen molar-refractivity contribution in [2.75, 3.05) is 6.54 Å². The van der Waals surface area contributed by atoms with Gasteiger partial charge in [-0.05, 0) is 0 Å². The van der Waals surface area contributed by atoms with Crippen LogP contribution in [0.5, 0.6) is 0 Å². The van der Waals surface area contributed by atoms with Crippen LogP contribution in [0.1, 0.15) is 6.42 Å². The molecule has 1 fully saturated rings. The van der Waals surface area contributed by atoms with Crippen LogP contribution in [0.15, 0.2) is 0 Å². The van der Waals surface area contributed by atoms with Gasteiger partial charge in [-0.3, -0.25) is 0 Å². The Hall–Kier alpha value is -0.610. The number of aliphatic hydroxyl groups is 1. The molecule has 1 atom stereocenters. The topological polar surface area (TPSA) is 77.0 Å². The zero-order valence-corrected chi connectivity index (χ0v) is 4.83. The second kappa shape index (κ2) is 2.33. The Balaban J connectivity index is 2.39. The van der Waals surface area contributed by atoms with Crippen molar-refractivity contribution in [1.82, 2.24) is 0 Å². The molecule has 0 spiro atoms. The van der Waals surface area contributed by atoms with Gasteiger partial charge in [0.25, 0.3) is 0 Å². The predicted molar refractivity (Wildman–Crippen MR) is 25.4 cm³/mol. The third-order valence-corrected chi connectivity index (χ3v) is 1.40. The Labute approximate surface area is 52.5 Å². The maximum atomic E-state index is 10.1. The number of aliphatic hydroxyl groups excluding tert-OH is 1. The third-order valence-electron chi connectivity index (χ3n) is 1.40. The van der Waals surface area contributed by atoms with E-state index in [2.05, 4.69) is 0 Å². The molecule has 1 aliphatic heterocycles. The lowest BCUT2D eigenvalue weighted by molar-refractivity contribution is -0.664. The summed E-state index contributed by atoms with van der Waals surface area (Å²) >= 11 is 0. The zero-order chi connectivity index (χ0) is 6.85. The highest BCUT2D eigenvalue weighted by Gasteiger charge is 2.27. The maximum Gasteiger partial charge on any atom is 0.153 e. The molecule has 0 aromatic carbocycles.